The average Bonchev–Trinajstić information content (AvgIpc) is 2.50. The van der Waals surface area contributed by atoms with E-state index >= 15 is 0 Å². The smallest absolute Gasteiger partial charge is 0.0902 e. The van der Waals surface area contributed by atoms with Crippen LogP contribution in [0, 0.1) is 0 Å². The maximum atomic E-state index is 4.97. The molecule has 3 heteroatoms. The zero-order valence-electron chi connectivity index (χ0n) is 7.79. The fourth-order valence-corrected chi connectivity index (χ4v) is 1.07. The van der Waals surface area contributed by atoms with Crippen molar-refractivity contribution in [3.05, 3.63) is 18.0 Å². The fraction of sp³-hybridized carbons (Fsp3) is 0.667. The molecule has 0 unspecified atom stereocenters. The summed E-state index contributed by atoms with van der Waals surface area (Å²) in [7, 11) is 1.69. The summed E-state index contributed by atoms with van der Waals surface area (Å²) in [6, 6.07) is 2.00. The summed E-state index contributed by atoms with van der Waals surface area (Å²) in [4.78, 5) is 0. The Bertz CT molecular complexity index is 220. The maximum Gasteiger partial charge on any atom is 0.0902 e. The number of methoxy groups -OCH3 is 1. The van der Waals surface area contributed by atoms with E-state index in [1.165, 1.54) is 12.8 Å². The third kappa shape index (κ3) is 2.66. The predicted molar refractivity (Wildman–Crippen MR) is 47.8 cm³/mol. The van der Waals surface area contributed by atoms with Gasteiger partial charge in [-0.05, 0) is 12.5 Å². The summed E-state index contributed by atoms with van der Waals surface area (Å²) in [5, 5.41) is 4.33. The van der Waals surface area contributed by atoms with E-state index in [4.69, 9.17) is 4.74 Å². The Balaban J connectivity index is 2.41. The molecule has 0 saturated heterocycles. The molecule has 0 atom stereocenters. The van der Waals surface area contributed by atoms with Crippen LogP contribution in [-0.2, 0) is 17.9 Å². The molecule has 0 aliphatic rings. The van der Waals surface area contributed by atoms with Gasteiger partial charge in [-0.3, -0.25) is 4.68 Å². The van der Waals surface area contributed by atoms with Gasteiger partial charge in [0, 0.05) is 19.9 Å². The molecule has 0 spiro atoms. The van der Waals surface area contributed by atoms with Crippen LogP contribution in [0.5, 0.6) is 0 Å². The highest BCUT2D eigenvalue weighted by Gasteiger charge is 1.96. The number of ether oxygens (including phenoxy) is 1. The third-order valence-corrected chi connectivity index (χ3v) is 1.73. The van der Waals surface area contributed by atoms with E-state index in [0.29, 0.717) is 6.61 Å². The molecule has 1 aromatic rings. The zero-order valence-corrected chi connectivity index (χ0v) is 7.79. The van der Waals surface area contributed by atoms with E-state index < -0.39 is 0 Å². The first-order valence-corrected chi connectivity index (χ1v) is 4.38. The molecule has 12 heavy (non-hydrogen) atoms. The highest BCUT2D eigenvalue weighted by atomic mass is 16.5. The molecule has 3 nitrogen and oxygen atoms in total. The van der Waals surface area contributed by atoms with Gasteiger partial charge in [0.1, 0.15) is 0 Å². The van der Waals surface area contributed by atoms with Gasteiger partial charge in [0.25, 0.3) is 0 Å². The van der Waals surface area contributed by atoms with E-state index in [-0.39, 0.29) is 0 Å². The summed E-state index contributed by atoms with van der Waals surface area (Å²) in [6.45, 7) is 3.80. The Hall–Kier alpha value is -0.830. The number of aryl methyl sites for hydroxylation is 1. The van der Waals surface area contributed by atoms with Crippen molar-refractivity contribution in [2.45, 2.75) is 32.9 Å². The molecule has 0 N–H and O–H groups in total. The van der Waals surface area contributed by atoms with Crippen LogP contribution in [0.4, 0.5) is 0 Å². The number of hydrogen-bond acceptors (Lipinski definition) is 2. The maximum absolute atomic E-state index is 4.97. The van der Waals surface area contributed by atoms with Crippen molar-refractivity contribution < 1.29 is 4.74 Å². The summed E-state index contributed by atoms with van der Waals surface area (Å²) in [6.07, 6.45) is 4.40. The highest BCUT2D eigenvalue weighted by molar-refractivity contribution is 4.96. The first-order valence-electron chi connectivity index (χ1n) is 4.38. The van der Waals surface area contributed by atoms with Crippen molar-refractivity contribution in [1.29, 1.82) is 0 Å². The van der Waals surface area contributed by atoms with Crippen molar-refractivity contribution in [2.24, 2.45) is 0 Å². The molecule has 0 aliphatic carbocycles. The van der Waals surface area contributed by atoms with Gasteiger partial charge in [0.2, 0.25) is 0 Å². The Morgan fingerprint density at radius 2 is 2.42 bits per heavy atom. The molecule has 0 aliphatic heterocycles. The summed E-state index contributed by atoms with van der Waals surface area (Å²) in [5.41, 5.74) is 1.01. The summed E-state index contributed by atoms with van der Waals surface area (Å²) in [5.74, 6) is 0. The second-order valence-electron chi connectivity index (χ2n) is 2.86. The van der Waals surface area contributed by atoms with Crippen LogP contribution in [0.3, 0.4) is 0 Å². The largest absolute Gasteiger partial charge is 0.378 e. The molecular formula is C9H16N2O. The molecule has 1 rings (SSSR count). The van der Waals surface area contributed by atoms with E-state index in [2.05, 4.69) is 12.0 Å². The van der Waals surface area contributed by atoms with E-state index in [1.807, 2.05) is 16.9 Å². The fourth-order valence-electron chi connectivity index (χ4n) is 1.07. The van der Waals surface area contributed by atoms with E-state index in [1.54, 1.807) is 7.11 Å². The number of aromatic nitrogens is 2. The van der Waals surface area contributed by atoms with Crippen LogP contribution in [0.25, 0.3) is 0 Å². The van der Waals surface area contributed by atoms with Gasteiger partial charge in [-0.15, -0.1) is 0 Å². The predicted octanol–water partition coefficient (Wildman–Crippen LogP) is 1.83. The number of hydrogen-bond donors (Lipinski definition) is 0. The summed E-state index contributed by atoms with van der Waals surface area (Å²) >= 11 is 0. The monoisotopic (exact) mass is 168 g/mol. The van der Waals surface area contributed by atoms with Crippen molar-refractivity contribution in [1.82, 2.24) is 9.78 Å². The minimum absolute atomic E-state index is 0.610. The second kappa shape index (κ2) is 4.93. The minimum atomic E-state index is 0.610. The van der Waals surface area contributed by atoms with Gasteiger partial charge in [-0.2, -0.15) is 5.10 Å². The quantitative estimate of drug-likeness (QED) is 0.670. The van der Waals surface area contributed by atoms with Gasteiger partial charge in [0.05, 0.1) is 12.3 Å². The van der Waals surface area contributed by atoms with Crippen molar-refractivity contribution in [2.75, 3.05) is 7.11 Å². The van der Waals surface area contributed by atoms with Gasteiger partial charge in [-0.1, -0.05) is 13.3 Å². The van der Waals surface area contributed by atoms with Gasteiger partial charge in [-0.25, -0.2) is 0 Å². The Labute approximate surface area is 73.3 Å². The lowest BCUT2D eigenvalue weighted by atomic mass is 10.3. The number of unbranched alkanes of at least 4 members (excludes halogenated alkanes) is 1. The Morgan fingerprint density at radius 3 is 3.08 bits per heavy atom. The van der Waals surface area contributed by atoms with Crippen molar-refractivity contribution in [3.8, 4) is 0 Å². The van der Waals surface area contributed by atoms with E-state index in [9.17, 15) is 0 Å². The van der Waals surface area contributed by atoms with Crippen LogP contribution in [-0.4, -0.2) is 16.9 Å². The molecule has 1 aromatic heterocycles. The lowest BCUT2D eigenvalue weighted by Crippen LogP contribution is -1.99. The molecule has 0 bridgehead atoms. The third-order valence-electron chi connectivity index (χ3n) is 1.73. The van der Waals surface area contributed by atoms with Crippen LogP contribution >= 0.6 is 0 Å². The van der Waals surface area contributed by atoms with E-state index in [0.717, 1.165) is 12.2 Å². The first-order chi connectivity index (χ1) is 5.86. The summed E-state index contributed by atoms with van der Waals surface area (Å²) < 4.78 is 6.94. The zero-order chi connectivity index (χ0) is 8.81. The number of nitrogens with zero attached hydrogens (tertiary/aromatic N) is 2. The lowest BCUT2D eigenvalue weighted by molar-refractivity contribution is 0.180. The van der Waals surface area contributed by atoms with Crippen LogP contribution in [0.2, 0.25) is 0 Å². The molecule has 0 aromatic carbocycles. The topological polar surface area (TPSA) is 27.1 Å². The van der Waals surface area contributed by atoms with Crippen LogP contribution in [0.15, 0.2) is 12.3 Å². The lowest BCUT2D eigenvalue weighted by Gasteiger charge is -1.97. The van der Waals surface area contributed by atoms with Crippen LogP contribution < -0.4 is 0 Å². The molecule has 0 radical (unpaired) electrons. The minimum Gasteiger partial charge on any atom is -0.378 e. The van der Waals surface area contributed by atoms with Crippen molar-refractivity contribution in [3.63, 3.8) is 0 Å². The SMILES string of the molecule is CCCCn1ccc(COC)n1. The van der Waals surface area contributed by atoms with Gasteiger partial charge < -0.3 is 4.74 Å². The normalized spacial score (nSPS) is 10.5. The molecule has 68 valence electrons. The molecular weight excluding hydrogens is 152 g/mol. The van der Waals surface area contributed by atoms with Crippen molar-refractivity contribution >= 4 is 0 Å². The Morgan fingerprint density at radius 1 is 1.58 bits per heavy atom. The standard InChI is InChI=1S/C9H16N2O/c1-3-4-6-11-7-5-9(10-11)8-12-2/h5,7H,3-4,6,8H2,1-2H3. The molecule has 0 fully saturated rings. The number of rotatable bonds is 5. The highest BCUT2D eigenvalue weighted by Crippen LogP contribution is 1.99. The van der Waals surface area contributed by atoms with Crippen LogP contribution in [0.1, 0.15) is 25.5 Å². The first kappa shape index (κ1) is 9.26. The molecule has 1 heterocycles. The van der Waals surface area contributed by atoms with Gasteiger partial charge >= 0.3 is 0 Å². The molecule has 0 saturated carbocycles. The Kier molecular flexibility index (Phi) is 3.80. The second-order valence-corrected chi connectivity index (χ2v) is 2.86. The molecule has 0 amide bonds. The van der Waals surface area contributed by atoms with Gasteiger partial charge in [0.15, 0.2) is 0 Å². The average molecular weight is 168 g/mol.